The van der Waals surface area contributed by atoms with Crippen molar-refractivity contribution >= 4 is 17.6 Å². The highest BCUT2D eigenvalue weighted by atomic mass is 35.5. The number of carbonyl (C=O) groups is 1. The number of halogens is 2. The molecule has 0 radical (unpaired) electrons. The summed E-state index contributed by atoms with van der Waals surface area (Å²) in [7, 11) is 0. The second kappa shape index (κ2) is 12.9. The average Bonchev–Trinajstić information content (AvgIpc) is 3.31. The van der Waals surface area contributed by atoms with E-state index in [1.807, 2.05) is 12.1 Å². The van der Waals surface area contributed by atoms with Gasteiger partial charge in [0.25, 0.3) is 0 Å². The Labute approximate surface area is 204 Å². The minimum Gasteiger partial charge on any atom is -0.494 e. The summed E-state index contributed by atoms with van der Waals surface area (Å²) in [5.41, 5.74) is 1.94. The summed E-state index contributed by atoms with van der Waals surface area (Å²) >= 11 is 6.44. The highest BCUT2D eigenvalue weighted by Crippen LogP contribution is 2.42. The van der Waals surface area contributed by atoms with Crippen molar-refractivity contribution in [1.29, 1.82) is 0 Å². The van der Waals surface area contributed by atoms with Crippen molar-refractivity contribution in [2.45, 2.75) is 69.5 Å². The zero-order valence-electron chi connectivity index (χ0n) is 19.1. The van der Waals surface area contributed by atoms with Gasteiger partial charge in [0.2, 0.25) is 0 Å². The van der Waals surface area contributed by atoms with Crippen molar-refractivity contribution in [1.82, 2.24) is 0 Å². The maximum absolute atomic E-state index is 13.1. The molecule has 0 aromatic heterocycles. The predicted octanol–water partition coefficient (Wildman–Crippen LogP) is 5.11. The van der Waals surface area contributed by atoms with Crippen LogP contribution in [-0.4, -0.2) is 46.7 Å². The number of aliphatic hydroxyl groups is 2. The molecule has 0 aliphatic heterocycles. The van der Waals surface area contributed by atoms with Gasteiger partial charge in [-0.2, -0.15) is 0 Å². The third-order valence-electron chi connectivity index (χ3n) is 6.00. The van der Waals surface area contributed by atoms with Crippen LogP contribution in [0.1, 0.15) is 62.0 Å². The molecular formula is C26H32ClFO6. The van der Waals surface area contributed by atoms with E-state index in [4.69, 9.17) is 26.2 Å². The molecule has 2 aromatic rings. The van der Waals surface area contributed by atoms with Gasteiger partial charge in [-0.15, -0.1) is 0 Å². The number of benzene rings is 2. The van der Waals surface area contributed by atoms with Gasteiger partial charge >= 0.3 is 5.97 Å². The molecule has 1 saturated carbocycles. The topological polar surface area (TPSA) is 96.2 Å². The Morgan fingerprint density at radius 3 is 2.47 bits per heavy atom. The molecule has 1 fully saturated rings. The number of hydrogen-bond acceptors (Lipinski definition) is 5. The first-order chi connectivity index (χ1) is 16.3. The van der Waals surface area contributed by atoms with E-state index < -0.39 is 24.6 Å². The summed E-state index contributed by atoms with van der Waals surface area (Å²) in [6, 6.07) is 9.66. The molecule has 2 aromatic carbocycles. The van der Waals surface area contributed by atoms with E-state index in [9.17, 15) is 19.4 Å². The van der Waals surface area contributed by atoms with Gasteiger partial charge in [-0.1, -0.05) is 24.4 Å². The molecule has 1 aliphatic carbocycles. The smallest absolute Gasteiger partial charge is 0.305 e. The molecular weight excluding hydrogens is 463 g/mol. The molecule has 2 atom stereocenters. The van der Waals surface area contributed by atoms with E-state index in [1.165, 1.54) is 12.1 Å². The van der Waals surface area contributed by atoms with Gasteiger partial charge in [-0.05, 0) is 79.1 Å². The number of aryl methyl sites for hydroxylation is 1. The largest absolute Gasteiger partial charge is 0.494 e. The first-order valence-electron chi connectivity index (χ1n) is 11.7. The molecule has 8 heteroatoms. The maximum Gasteiger partial charge on any atom is 0.305 e. The monoisotopic (exact) mass is 494 g/mol. The fourth-order valence-corrected chi connectivity index (χ4v) is 4.65. The second-order valence-electron chi connectivity index (χ2n) is 8.82. The molecule has 3 N–H and O–H groups in total. The quantitative estimate of drug-likeness (QED) is 0.335. The van der Waals surface area contributed by atoms with Crippen LogP contribution >= 0.6 is 11.6 Å². The lowest BCUT2D eigenvalue weighted by Gasteiger charge is -2.22. The SMILES string of the molecule is O=C(O)C[C@H](O)CC(O)COc1c(CCCOc2ccc(F)cc2)cc(Cl)cc1C1CCCC1. The molecule has 1 aliphatic rings. The Bertz CT molecular complexity index is 930. The van der Waals surface area contributed by atoms with Crippen LogP contribution in [0.4, 0.5) is 4.39 Å². The molecule has 0 spiro atoms. The Kier molecular flexibility index (Phi) is 9.99. The van der Waals surface area contributed by atoms with Crippen molar-refractivity contribution < 1.29 is 34.0 Å². The van der Waals surface area contributed by atoms with Crippen LogP contribution in [0.15, 0.2) is 36.4 Å². The van der Waals surface area contributed by atoms with Crippen LogP contribution in [-0.2, 0) is 11.2 Å². The number of aliphatic hydroxyl groups excluding tert-OH is 2. The van der Waals surface area contributed by atoms with E-state index in [0.29, 0.717) is 41.9 Å². The fraction of sp³-hybridized carbons (Fsp3) is 0.500. The summed E-state index contributed by atoms with van der Waals surface area (Å²) in [6.07, 6.45) is 3.03. The summed E-state index contributed by atoms with van der Waals surface area (Å²) in [4.78, 5) is 10.8. The lowest BCUT2D eigenvalue weighted by atomic mass is 9.93. The molecule has 6 nitrogen and oxygen atoms in total. The number of rotatable bonds is 13. The third kappa shape index (κ3) is 8.15. The molecule has 0 amide bonds. The Morgan fingerprint density at radius 1 is 1.09 bits per heavy atom. The lowest BCUT2D eigenvalue weighted by Crippen LogP contribution is -2.26. The van der Waals surface area contributed by atoms with Crippen molar-refractivity contribution in [3.05, 3.63) is 58.4 Å². The Hall–Kier alpha value is -2.35. The summed E-state index contributed by atoms with van der Waals surface area (Å²) in [6.45, 7) is 0.372. The van der Waals surface area contributed by atoms with E-state index in [1.54, 1.807) is 12.1 Å². The van der Waals surface area contributed by atoms with Gasteiger partial charge in [0, 0.05) is 11.4 Å². The summed E-state index contributed by atoms with van der Waals surface area (Å²) in [5, 5.41) is 29.5. The zero-order valence-corrected chi connectivity index (χ0v) is 19.8. The van der Waals surface area contributed by atoms with Crippen LogP contribution in [0.3, 0.4) is 0 Å². The minimum atomic E-state index is -1.14. The lowest BCUT2D eigenvalue weighted by molar-refractivity contribution is -0.139. The molecule has 0 bridgehead atoms. The average molecular weight is 495 g/mol. The summed E-state index contributed by atoms with van der Waals surface area (Å²) in [5.74, 6) is 0.193. The van der Waals surface area contributed by atoms with Crippen molar-refractivity contribution in [2.75, 3.05) is 13.2 Å². The zero-order chi connectivity index (χ0) is 24.5. The molecule has 34 heavy (non-hydrogen) atoms. The Morgan fingerprint density at radius 2 is 1.79 bits per heavy atom. The molecule has 0 heterocycles. The van der Waals surface area contributed by atoms with E-state index in [2.05, 4.69) is 0 Å². The Balaban J connectivity index is 1.67. The minimum absolute atomic E-state index is 0.0584. The highest BCUT2D eigenvalue weighted by Gasteiger charge is 2.24. The number of ether oxygens (including phenoxy) is 2. The van der Waals surface area contributed by atoms with Crippen LogP contribution in [0.25, 0.3) is 0 Å². The maximum atomic E-state index is 13.1. The number of aliphatic carboxylic acids is 1. The van der Waals surface area contributed by atoms with Crippen molar-refractivity contribution in [3.8, 4) is 11.5 Å². The number of carboxylic acids is 1. The number of hydrogen-bond donors (Lipinski definition) is 3. The van der Waals surface area contributed by atoms with Crippen molar-refractivity contribution in [3.63, 3.8) is 0 Å². The van der Waals surface area contributed by atoms with Crippen molar-refractivity contribution in [2.24, 2.45) is 0 Å². The van der Waals surface area contributed by atoms with E-state index in [-0.39, 0.29) is 18.8 Å². The third-order valence-corrected chi connectivity index (χ3v) is 6.22. The standard InChI is InChI=1S/C26H32ClFO6/c27-19-12-18(6-3-11-33-23-9-7-20(28)8-10-23)26(24(13-19)17-4-1-2-5-17)34-16-22(30)14-21(29)15-25(31)32/h7-10,12-13,17,21-22,29-30H,1-6,11,14-16H2,(H,31,32)/t21-,22?/m1/s1. The molecule has 1 unspecified atom stereocenters. The number of carboxylic acid groups (broad SMARTS) is 1. The fourth-order valence-electron chi connectivity index (χ4n) is 4.40. The first kappa shape index (κ1) is 26.3. The van der Waals surface area contributed by atoms with Gasteiger partial charge < -0.3 is 24.8 Å². The van der Waals surface area contributed by atoms with Gasteiger partial charge in [0.05, 0.1) is 25.2 Å². The highest BCUT2D eigenvalue weighted by molar-refractivity contribution is 6.30. The molecule has 186 valence electrons. The molecule has 0 saturated heterocycles. The van der Waals surface area contributed by atoms with Gasteiger partial charge in [-0.25, -0.2) is 4.39 Å². The van der Waals surface area contributed by atoms with Crippen LogP contribution in [0.5, 0.6) is 11.5 Å². The second-order valence-corrected chi connectivity index (χ2v) is 9.26. The van der Waals surface area contributed by atoms with Gasteiger partial charge in [0.1, 0.15) is 23.9 Å². The van der Waals surface area contributed by atoms with Gasteiger partial charge in [-0.3, -0.25) is 4.79 Å². The van der Waals surface area contributed by atoms with E-state index >= 15 is 0 Å². The summed E-state index contributed by atoms with van der Waals surface area (Å²) < 4.78 is 24.8. The predicted molar refractivity (Wildman–Crippen MR) is 127 cm³/mol. The van der Waals surface area contributed by atoms with Gasteiger partial charge in [0.15, 0.2) is 0 Å². The van der Waals surface area contributed by atoms with Crippen LogP contribution < -0.4 is 9.47 Å². The van der Waals surface area contributed by atoms with E-state index in [0.717, 1.165) is 36.8 Å². The first-order valence-corrected chi connectivity index (χ1v) is 12.1. The molecule has 3 rings (SSSR count). The van der Waals surface area contributed by atoms with Crippen LogP contribution in [0, 0.1) is 5.82 Å². The normalized spacial score (nSPS) is 15.8. The van der Waals surface area contributed by atoms with Crippen LogP contribution in [0.2, 0.25) is 5.02 Å².